The topological polar surface area (TPSA) is 76.3 Å². The van der Waals surface area contributed by atoms with Crippen molar-refractivity contribution in [2.75, 3.05) is 43.9 Å². The Morgan fingerprint density at radius 2 is 1.83 bits per heavy atom. The highest BCUT2D eigenvalue weighted by molar-refractivity contribution is 8.00. The van der Waals surface area contributed by atoms with Crippen LogP contribution in [0.5, 0.6) is 0 Å². The van der Waals surface area contributed by atoms with Gasteiger partial charge in [-0.3, -0.25) is 9.69 Å². The molecule has 0 atom stereocenters. The summed E-state index contributed by atoms with van der Waals surface area (Å²) in [6, 6.07) is 13.0. The molecular weight excluding hydrogens is 561 g/mol. The van der Waals surface area contributed by atoms with Gasteiger partial charge in [0.2, 0.25) is 0 Å². The number of halogens is 3. The molecule has 4 aromatic rings. The highest BCUT2D eigenvalue weighted by atomic mass is 32.2. The molecule has 0 spiro atoms. The van der Waals surface area contributed by atoms with E-state index in [0.717, 1.165) is 46.3 Å². The molecule has 2 aromatic heterocycles. The number of hydrogen-bond donors (Lipinski definition) is 3. The maximum absolute atomic E-state index is 14.0. The second-order valence-corrected chi connectivity index (χ2v) is 12.4. The first kappa shape index (κ1) is 29.9. The average molecular weight is 597 g/mol. The van der Waals surface area contributed by atoms with Gasteiger partial charge in [0.15, 0.2) is 0 Å². The molecule has 1 amide bonds. The van der Waals surface area contributed by atoms with Gasteiger partial charge in [0.25, 0.3) is 5.91 Å². The third kappa shape index (κ3) is 7.26. The highest BCUT2D eigenvalue weighted by Gasteiger charge is 2.34. The molecule has 2 aromatic carbocycles. The molecule has 1 aliphatic rings. The van der Waals surface area contributed by atoms with Crippen molar-refractivity contribution >= 4 is 40.1 Å². The summed E-state index contributed by atoms with van der Waals surface area (Å²) in [5, 5.41) is 7.47. The zero-order valence-corrected chi connectivity index (χ0v) is 24.7. The number of benzene rings is 2. The highest BCUT2D eigenvalue weighted by Crippen LogP contribution is 2.35. The van der Waals surface area contributed by atoms with Crippen molar-refractivity contribution in [1.29, 1.82) is 0 Å². The van der Waals surface area contributed by atoms with Crippen molar-refractivity contribution in [3.63, 3.8) is 0 Å². The lowest BCUT2D eigenvalue weighted by Gasteiger charge is -2.33. The molecule has 42 heavy (non-hydrogen) atoms. The molecule has 222 valence electrons. The molecule has 3 heterocycles. The van der Waals surface area contributed by atoms with Crippen LogP contribution in [-0.4, -0.2) is 64.2 Å². The molecule has 0 saturated carbocycles. The zero-order valence-electron chi connectivity index (χ0n) is 23.9. The molecule has 11 heteroatoms. The molecule has 0 radical (unpaired) electrons. The summed E-state index contributed by atoms with van der Waals surface area (Å²) in [6.07, 6.45) is -0.809. The molecule has 1 saturated heterocycles. The van der Waals surface area contributed by atoms with E-state index in [1.54, 1.807) is 36.0 Å². The predicted octanol–water partition coefficient (Wildman–Crippen LogP) is 6.69. The van der Waals surface area contributed by atoms with Gasteiger partial charge in [-0.15, -0.1) is 11.8 Å². The van der Waals surface area contributed by atoms with Gasteiger partial charge in [-0.1, -0.05) is 26.0 Å². The molecule has 0 aliphatic carbocycles. The Morgan fingerprint density at radius 3 is 2.57 bits per heavy atom. The second-order valence-electron chi connectivity index (χ2n) is 10.9. The first-order valence-corrected chi connectivity index (χ1v) is 14.8. The van der Waals surface area contributed by atoms with Crippen LogP contribution in [0.1, 0.15) is 40.9 Å². The van der Waals surface area contributed by atoms with Gasteiger partial charge in [-0.05, 0) is 49.0 Å². The van der Waals surface area contributed by atoms with Crippen molar-refractivity contribution in [1.82, 2.24) is 19.8 Å². The fraction of sp³-hybridized carbons (Fsp3) is 0.355. The number of anilines is 2. The number of likely N-dealkylation sites (N-methyl/N-ethyl adjacent to an activating group) is 1. The standard InChI is InChI=1S/C31H35F3N6OS/c1-20(2)42-28-23(18-37-29-26(28)9-10-35-29)17-36-24-6-4-5-21(15-24)30(41)38-25-8-7-22(27(16-25)31(32,33)34)19-40-13-11-39(3)12-14-40/h4-10,15-16,18,20,36H,11-14,17,19H2,1-3H3,(H,35,37)(H,38,41). The number of fused-ring (bicyclic) bond motifs is 1. The number of carbonyl (C=O) groups excluding carboxylic acids is 1. The van der Waals surface area contributed by atoms with E-state index in [4.69, 9.17) is 0 Å². The Labute approximate surface area is 247 Å². The Balaban J connectivity index is 1.28. The van der Waals surface area contributed by atoms with Crippen LogP contribution < -0.4 is 10.6 Å². The maximum atomic E-state index is 14.0. The normalized spacial score (nSPS) is 14.9. The van der Waals surface area contributed by atoms with Gasteiger partial charge in [0.1, 0.15) is 5.65 Å². The first-order valence-electron chi connectivity index (χ1n) is 13.9. The Kier molecular flexibility index (Phi) is 9.10. The lowest BCUT2D eigenvalue weighted by molar-refractivity contribution is -0.138. The summed E-state index contributed by atoms with van der Waals surface area (Å²) in [5.74, 6) is -0.481. The van der Waals surface area contributed by atoms with Crippen molar-refractivity contribution < 1.29 is 18.0 Å². The zero-order chi connectivity index (χ0) is 29.9. The van der Waals surface area contributed by atoms with Crippen LogP contribution in [0.2, 0.25) is 0 Å². The van der Waals surface area contributed by atoms with Crippen LogP contribution in [0, 0.1) is 0 Å². The number of nitrogens with zero attached hydrogens (tertiary/aromatic N) is 3. The Hall–Kier alpha value is -3.54. The predicted molar refractivity (Wildman–Crippen MR) is 163 cm³/mol. The van der Waals surface area contributed by atoms with Crippen LogP contribution >= 0.6 is 11.8 Å². The fourth-order valence-corrected chi connectivity index (χ4v) is 6.04. The second kappa shape index (κ2) is 12.8. The average Bonchev–Trinajstić information content (AvgIpc) is 3.43. The molecule has 1 fully saturated rings. The Morgan fingerprint density at radius 1 is 1.05 bits per heavy atom. The Bertz CT molecular complexity index is 1550. The molecule has 0 bridgehead atoms. The summed E-state index contributed by atoms with van der Waals surface area (Å²) in [7, 11) is 2.01. The van der Waals surface area contributed by atoms with E-state index in [1.165, 1.54) is 6.07 Å². The van der Waals surface area contributed by atoms with Gasteiger partial charge in [-0.2, -0.15) is 13.2 Å². The number of piperazine rings is 1. The smallest absolute Gasteiger partial charge is 0.381 e. The number of nitrogens with one attached hydrogen (secondary N) is 3. The summed E-state index contributed by atoms with van der Waals surface area (Å²) >= 11 is 1.77. The summed E-state index contributed by atoms with van der Waals surface area (Å²) < 4.78 is 42.0. The molecule has 1 aliphatic heterocycles. The number of hydrogen-bond acceptors (Lipinski definition) is 6. The van der Waals surface area contributed by atoms with E-state index in [9.17, 15) is 18.0 Å². The lowest BCUT2D eigenvalue weighted by atomic mass is 10.0. The summed E-state index contributed by atoms with van der Waals surface area (Å²) in [4.78, 5) is 26.1. The number of rotatable bonds is 9. The molecular formula is C31H35F3N6OS. The monoisotopic (exact) mass is 596 g/mol. The van der Waals surface area contributed by atoms with Crippen molar-refractivity contribution in [3.8, 4) is 0 Å². The number of aromatic amines is 1. The van der Waals surface area contributed by atoms with Crippen molar-refractivity contribution in [3.05, 3.63) is 83.2 Å². The van der Waals surface area contributed by atoms with Gasteiger partial charge >= 0.3 is 6.18 Å². The third-order valence-corrected chi connectivity index (χ3v) is 8.42. The van der Waals surface area contributed by atoms with E-state index < -0.39 is 17.6 Å². The fourth-order valence-electron chi connectivity index (χ4n) is 5.00. The van der Waals surface area contributed by atoms with Gasteiger partial charge < -0.3 is 20.5 Å². The number of alkyl halides is 3. The van der Waals surface area contributed by atoms with Crippen LogP contribution in [-0.2, 0) is 19.3 Å². The van der Waals surface area contributed by atoms with E-state index in [1.807, 2.05) is 36.5 Å². The van der Waals surface area contributed by atoms with Gasteiger partial charge in [0.05, 0.1) is 5.56 Å². The summed E-state index contributed by atoms with van der Waals surface area (Å²) in [5.41, 5.74) is 2.51. The summed E-state index contributed by atoms with van der Waals surface area (Å²) in [6.45, 7) is 8.06. The number of carbonyl (C=O) groups is 1. The SMILES string of the molecule is CC(C)Sc1c(CNc2cccc(C(=O)Nc3ccc(CN4CCN(C)CC4)c(C(F)(F)F)c3)c2)cnc2[nH]ccc12. The van der Waals surface area contributed by atoms with Crippen LogP contribution in [0.4, 0.5) is 24.5 Å². The largest absolute Gasteiger partial charge is 0.416 e. The molecule has 7 nitrogen and oxygen atoms in total. The number of aromatic nitrogens is 2. The quantitative estimate of drug-likeness (QED) is 0.187. The molecule has 5 rings (SSSR count). The lowest BCUT2D eigenvalue weighted by Crippen LogP contribution is -2.44. The van der Waals surface area contributed by atoms with E-state index in [2.05, 4.69) is 39.3 Å². The number of thioether (sulfide) groups is 1. The minimum Gasteiger partial charge on any atom is -0.381 e. The van der Waals surface area contributed by atoms with Crippen LogP contribution in [0.15, 0.2) is 65.8 Å². The number of H-pyrrole nitrogens is 1. The van der Waals surface area contributed by atoms with Crippen molar-refractivity contribution in [2.24, 2.45) is 0 Å². The number of amides is 1. The van der Waals surface area contributed by atoms with Crippen LogP contribution in [0.3, 0.4) is 0 Å². The van der Waals surface area contributed by atoms with E-state index in [-0.39, 0.29) is 17.8 Å². The van der Waals surface area contributed by atoms with E-state index in [0.29, 0.717) is 30.4 Å². The van der Waals surface area contributed by atoms with Crippen molar-refractivity contribution in [2.45, 2.75) is 43.3 Å². The number of pyridine rings is 1. The molecule has 0 unspecified atom stereocenters. The minimum absolute atomic E-state index is 0.106. The molecule has 3 N–H and O–H groups in total. The van der Waals surface area contributed by atoms with Gasteiger partial charge in [0, 0.05) is 89.7 Å². The van der Waals surface area contributed by atoms with Gasteiger partial charge in [-0.25, -0.2) is 4.98 Å². The van der Waals surface area contributed by atoms with Crippen LogP contribution in [0.25, 0.3) is 11.0 Å². The maximum Gasteiger partial charge on any atom is 0.416 e. The van der Waals surface area contributed by atoms with E-state index >= 15 is 0 Å². The first-order chi connectivity index (χ1) is 20.1. The third-order valence-electron chi connectivity index (χ3n) is 7.24. The minimum atomic E-state index is -4.53.